The summed E-state index contributed by atoms with van der Waals surface area (Å²) in [5, 5.41) is 0. The van der Waals surface area contributed by atoms with Crippen LogP contribution in [-0.4, -0.2) is 70.0 Å². The van der Waals surface area contributed by atoms with Gasteiger partial charge in [0.15, 0.2) is 6.10 Å². The average Bonchev–Trinajstić information content (AvgIpc) is 1.98. The first-order valence-electron chi connectivity index (χ1n) is 39.9. The molecule has 0 radical (unpaired) electrons. The van der Waals surface area contributed by atoms with Gasteiger partial charge in [-0.25, -0.2) is 0 Å². The van der Waals surface area contributed by atoms with Gasteiger partial charge in [0.1, 0.15) is 19.8 Å². The SMILES string of the molecule is CC/C=C\C/C=C\C/C=C\C/C=C\C/C=C\C/C=C\C/C=C\C/C=C\C/C=C\C/C=C\C/C=C\CCCCCCCC(=O)OC(COC(=O)CCCCCCCCCCCCCCCCCCCCCCCCCCCCCCCCCCC)COP(=O)([O-])OCC[N+](C)(C)C. The van der Waals surface area contributed by atoms with E-state index in [1.165, 1.54) is 193 Å². The molecule has 0 aliphatic rings. The lowest BCUT2D eigenvalue weighted by Crippen LogP contribution is -2.37. The normalized spacial score (nSPS) is 13.8. The van der Waals surface area contributed by atoms with Crippen molar-refractivity contribution in [2.24, 2.45) is 0 Å². The predicted octanol–water partition coefficient (Wildman–Crippen LogP) is 26.1. The molecule has 0 aromatic rings. The highest BCUT2D eigenvalue weighted by Gasteiger charge is 2.22. The Bertz CT molecular complexity index is 2090. The van der Waals surface area contributed by atoms with Crippen molar-refractivity contribution in [2.75, 3.05) is 47.5 Å². The third-order valence-corrected chi connectivity index (χ3v) is 18.1. The van der Waals surface area contributed by atoms with Gasteiger partial charge >= 0.3 is 11.9 Å². The molecule has 0 fully saturated rings. The molecular weight excluding hydrogens is 1210 g/mol. The summed E-state index contributed by atoms with van der Waals surface area (Å²) in [6, 6.07) is 0. The predicted molar refractivity (Wildman–Crippen MR) is 415 cm³/mol. The first kappa shape index (κ1) is 92.2. The Morgan fingerprint density at radius 1 is 0.333 bits per heavy atom. The van der Waals surface area contributed by atoms with Gasteiger partial charge in [0.2, 0.25) is 0 Å². The Balaban J connectivity index is 4.06. The number of hydrogen-bond donors (Lipinski definition) is 0. The summed E-state index contributed by atoms with van der Waals surface area (Å²) < 4.78 is 34.4. The maximum Gasteiger partial charge on any atom is 0.306 e. The van der Waals surface area contributed by atoms with Gasteiger partial charge in [0.25, 0.3) is 7.82 Å². The summed E-state index contributed by atoms with van der Waals surface area (Å²) in [7, 11) is 1.15. The first-order valence-corrected chi connectivity index (χ1v) is 41.4. The molecule has 0 heterocycles. The number of unbranched alkanes of at least 4 members (excludes halogenated alkanes) is 37. The Kier molecular flexibility index (Phi) is 72.3. The van der Waals surface area contributed by atoms with Crippen molar-refractivity contribution in [3.63, 3.8) is 0 Å². The van der Waals surface area contributed by atoms with E-state index in [4.69, 9.17) is 18.5 Å². The smallest absolute Gasteiger partial charge is 0.306 e. The van der Waals surface area contributed by atoms with Crippen LogP contribution >= 0.6 is 7.82 Å². The van der Waals surface area contributed by atoms with E-state index in [1.807, 2.05) is 21.1 Å². The zero-order valence-corrected chi connectivity index (χ0v) is 63.9. The Hall–Kier alpha value is -3.85. The van der Waals surface area contributed by atoms with Crippen molar-refractivity contribution in [3.8, 4) is 0 Å². The number of carbonyl (C=O) groups is 2. The van der Waals surface area contributed by atoms with Gasteiger partial charge in [-0.2, -0.15) is 0 Å². The maximum absolute atomic E-state index is 12.9. The van der Waals surface area contributed by atoms with Gasteiger partial charge < -0.3 is 27.9 Å². The van der Waals surface area contributed by atoms with E-state index in [-0.39, 0.29) is 32.0 Å². The van der Waals surface area contributed by atoms with Gasteiger partial charge in [0.05, 0.1) is 27.7 Å². The van der Waals surface area contributed by atoms with E-state index in [0.717, 1.165) is 122 Å². The zero-order valence-electron chi connectivity index (χ0n) is 63.0. The number of carbonyl (C=O) groups excluding carboxylic acids is 2. The molecular formula is C86H150NO8P. The lowest BCUT2D eigenvalue weighted by Gasteiger charge is -2.28. The van der Waals surface area contributed by atoms with Gasteiger partial charge in [-0.3, -0.25) is 14.2 Å². The highest BCUT2D eigenvalue weighted by molar-refractivity contribution is 7.45. The second-order valence-electron chi connectivity index (χ2n) is 27.7. The zero-order chi connectivity index (χ0) is 69.7. The molecule has 9 nitrogen and oxygen atoms in total. The number of quaternary nitrogens is 1. The molecule has 0 aliphatic heterocycles. The second kappa shape index (κ2) is 75.4. The molecule has 0 bridgehead atoms. The fraction of sp³-hybridized carbons (Fsp3) is 0.721. The number of hydrogen-bond acceptors (Lipinski definition) is 8. The van der Waals surface area contributed by atoms with Crippen LogP contribution in [0.5, 0.6) is 0 Å². The molecule has 2 unspecified atom stereocenters. The average molecular weight is 1360 g/mol. The van der Waals surface area contributed by atoms with Crippen molar-refractivity contribution >= 4 is 19.8 Å². The molecule has 2 atom stereocenters. The van der Waals surface area contributed by atoms with Crippen molar-refractivity contribution in [3.05, 3.63) is 134 Å². The molecule has 0 saturated heterocycles. The molecule has 552 valence electrons. The summed E-state index contributed by atoms with van der Waals surface area (Å²) in [5.74, 6) is -0.850. The molecule has 0 amide bonds. The number of likely N-dealkylation sites (N-methyl/N-ethyl adjacent to an activating group) is 1. The number of ether oxygens (including phenoxy) is 2. The fourth-order valence-electron chi connectivity index (χ4n) is 11.1. The van der Waals surface area contributed by atoms with Crippen LogP contribution < -0.4 is 4.89 Å². The van der Waals surface area contributed by atoms with Crippen LogP contribution in [0.4, 0.5) is 0 Å². The van der Waals surface area contributed by atoms with Crippen molar-refractivity contribution in [1.82, 2.24) is 0 Å². The quantitative estimate of drug-likeness (QED) is 0.0195. The lowest BCUT2D eigenvalue weighted by atomic mass is 10.0. The number of rotatable bonds is 73. The van der Waals surface area contributed by atoms with E-state index < -0.39 is 26.5 Å². The molecule has 96 heavy (non-hydrogen) atoms. The number of esters is 2. The number of phosphoric acid groups is 1. The van der Waals surface area contributed by atoms with Crippen LogP contribution in [0, 0.1) is 0 Å². The molecule has 0 aliphatic carbocycles. The van der Waals surface area contributed by atoms with E-state index in [0.29, 0.717) is 17.4 Å². The standard InChI is InChI=1S/C86H150NO8P/c1-6-8-10-12-14-16-18-20-22-24-26-28-30-32-34-36-38-40-41-42-43-44-45-47-49-51-53-55-57-59-61-63-65-67-69-71-73-75-77-79-86(89)95-84(83-94-96(90,91)93-81-80-87(3,4)5)82-92-85(88)78-76-74-72-70-68-66-64-62-60-58-56-54-52-50-48-46-39-37-35-33-31-29-27-25-23-21-19-17-15-13-11-9-7-2/h8,10,14,16,20,22,26,28,32,34,38,40,42-43,45,47,51,53,57,59,63,65,84H,6-7,9,11-13,15,17-19,21,23-25,27,29-31,33,35-37,39,41,44,46,48-50,52,54-56,58,60-62,64,66-83H2,1-5H3/b10-8-,16-14-,22-20-,28-26-,34-32-,40-38-,43-42-,47-45-,53-51-,59-57-,65-63-. The third-order valence-electron chi connectivity index (χ3n) is 17.2. The minimum atomic E-state index is -4.66. The number of nitrogens with zero attached hydrogens (tertiary/aromatic N) is 1. The van der Waals surface area contributed by atoms with Crippen LogP contribution in [-0.2, 0) is 32.7 Å². The molecule has 0 aromatic heterocycles. The summed E-state index contributed by atoms with van der Waals surface area (Å²) in [6.45, 7) is 4.14. The van der Waals surface area contributed by atoms with E-state index in [9.17, 15) is 19.0 Å². The third kappa shape index (κ3) is 79.1. The Morgan fingerprint density at radius 3 is 0.885 bits per heavy atom. The summed E-state index contributed by atoms with van der Waals surface area (Å²) in [5.41, 5.74) is 0. The summed E-state index contributed by atoms with van der Waals surface area (Å²) >= 11 is 0. The summed E-state index contributed by atoms with van der Waals surface area (Å²) in [4.78, 5) is 38.2. The molecule has 0 saturated carbocycles. The highest BCUT2D eigenvalue weighted by Crippen LogP contribution is 2.38. The minimum Gasteiger partial charge on any atom is -0.756 e. The number of phosphoric ester groups is 1. The van der Waals surface area contributed by atoms with Gasteiger partial charge in [0, 0.05) is 12.8 Å². The van der Waals surface area contributed by atoms with Gasteiger partial charge in [-0.15, -0.1) is 0 Å². The van der Waals surface area contributed by atoms with Crippen LogP contribution in [0.2, 0.25) is 0 Å². The van der Waals surface area contributed by atoms with Crippen LogP contribution in [0.25, 0.3) is 0 Å². The van der Waals surface area contributed by atoms with Gasteiger partial charge in [-0.05, 0) is 96.3 Å². The van der Waals surface area contributed by atoms with Crippen molar-refractivity contribution in [2.45, 2.75) is 354 Å². The minimum absolute atomic E-state index is 0.0398. The molecule has 0 spiro atoms. The maximum atomic E-state index is 12.9. The Morgan fingerprint density at radius 2 is 0.594 bits per heavy atom. The van der Waals surface area contributed by atoms with Gasteiger partial charge in [-0.1, -0.05) is 372 Å². The van der Waals surface area contributed by atoms with Crippen molar-refractivity contribution < 1.29 is 42.1 Å². The summed E-state index contributed by atoms with van der Waals surface area (Å²) in [6.07, 6.45) is 110. The first-order chi connectivity index (χ1) is 47.0. The van der Waals surface area contributed by atoms with Crippen molar-refractivity contribution in [1.29, 1.82) is 0 Å². The van der Waals surface area contributed by atoms with Crippen LogP contribution in [0.1, 0.15) is 348 Å². The van der Waals surface area contributed by atoms with Crippen LogP contribution in [0.3, 0.4) is 0 Å². The monoisotopic (exact) mass is 1360 g/mol. The highest BCUT2D eigenvalue weighted by atomic mass is 31.2. The molecule has 0 N–H and O–H groups in total. The number of allylic oxidation sites excluding steroid dienone is 22. The second-order valence-corrected chi connectivity index (χ2v) is 29.1. The lowest BCUT2D eigenvalue weighted by molar-refractivity contribution is -0.870. The molecule has 0 rings (SSSR count). The van der Waals surface area contributed by atoms with E-state index in [2.05, 4.69) is 148 Å². The Labute approximate surface area is 593 Å². The topological polar surface area (TPSA) is 111 Å². The van der Waals surface area contributed by atoms with Crippen LogP contribution in [0.15, 0.2) is 134 Å². The fourth-order valence-corrected chi connectivity index (χ4v) is 11.9. The molecule has 10 heteroatoms. The van der Waals surface area contributed by atoms with E-state index >= 15 is 0 Å². The van der Waals surface area contributed by atoms with E-state index in [1.54, 1.807) is 0 Å². The largest absolute Gasteiger partial charge is 0.756 e. The molecule has 0 aromatic carbocycles.